The maximum Gasteiger partial charge on any atom is 0.147 e. The molecule has 1 aliphatic heterocycles. The van der Waals surface area contributed by atoms with Crippen LogP contribution in [-0.2, 0) is 6.42 Å². The van der Waals surface area contributed by atoms with Gasteiger partial charge in [0.2, 0.25) is 0 Å². The number of hydrogen-bond acceptors (Lipinski definition) is 2. The maximum atomic E-state index is 5.65. The molecule has 1 aromatic carbocycles. The highest BCUT2D eigenvalue weighted by Gasteiger charge is 2.11. The first kappa shape index (κ1) is 7.62. The van der Waals surface area contributed by atoms with Crippen molar-refractivity contribution >= 4 is 0 Å². The third-order valence-corrected chi connectivity index (χ3v) is 2.10. The summed E-state index contributed by atoms with van der Waals surface area (Å²) in [7, 11) is 0. The van der Waals surface area contributed by atoms with Crippen LogP contribution in [0.1, 0.15) is 12.5 Å². The Morgan fingerprint density at radius 1 is 1.42 bits per heavy atom. The van der Waals surface area contributed by atoms with E-state index in [1.54, 1.807) is 0 Å². The summed E-state index contributed by atoms with van der Waals surface area (Å²) in [6.07, 6.45) is 1.19. The second kappa shape index (κ2) is 3.15. The van der Waals surface area contributed by atoms with Crippen molar-refractivity contribution in [1.29, 1.82) is 0 Å². The van der Waals surface area contributed by atoms with Gasteiger partial charge in [-0.1, -0.05) is 18.2 Å². The topological polar surface area (TPSA) is 21.3 Å². The minimum Gasteiger partial charge on any atom is -0.475 e. The standard InChI is InChI=1S/C10H13NO/c1-8-11-7-6-9-4-2-3-5-10(9)12-8/h2-5,8,11H,6-7H2,1H3. The molecular weight excluding hydrogens is 150 g/mol. The van der Waals surface area contributed by atoms with Crippen molar-refractivity contribution in [2.75, 3.05) is 6.54 Å². The van der Waals surface area contributed by atoms with E-state index in [1.807, 2.05) is 19.1 Å². The molecule has 1 aliphatic rings. The van der Waals surface area contributed by atoms with Crippen molar-refractivity contribution in [3.05, 3.63) is 29.8 Å². The van der Waals surface area contributed by atoms with Crippen molar-refractivity contribution < 1.29 is 4.74 Å². The van der Waals surface area contributed by atoms with Gasteiger partial charge in [0, 0.05) is 6.54 Å². The molecule has 0 bridgehead atoms. The van der Waals surface area contributed by atoms with Crippen LogP contribution < -0.4 is 10.1 Å². The van der Waals surface area contributed by atoms with Crippen LogP contribution in [0.3, 0.4) is 0 Å². The Morgan fingerprint density at radius 2 is 2.25 bits per heavy atom. The first-order valence-corrected chi connectivity index (χ1v) is 4.34. The van der Waals surface area contributed by atoms with E-state index in [1.165, 1.54) is 5.56 Å². The lowest BCUT2D eigenvalue weighted by Gasteiger charge is -2.12. The van der Waals surface area contributed by atoms with E-state index in [2.05, 4.69) is 17.4 Å². The quantitative estimate of drug-likeness (QED) is 0.626. The van der Waals surface area contributed by atoms with Crippen LogP contribution in [0.2, 0.25) is 0 Å². The molecule has 2 rings (SSSR count). The van der Waals surface area contributed by atoms with E-state index in [0.29, 0.717) is 0 Å². The number of benzene rings is 1. The molecule has 0 saturated heterocycles. The molecular formula is C10H13NO. The lowest BCUT2D eigenvalue weighted by molar-refractivity contribution is 0.192. The van der Waals surface area contributed by atoms with Crippen LogP contribution in [-0.4, -0.2) is 12.8 Å². The Morgan fingerprint density at radius 3 is 3.17 bits per heavy atom. The zero-order valence-electron chi connectivity index (χ0n) is 7.21. The summed E-state index contributed by atoms with van der Waals surface area (Å²) in [5, 5.41) is 3.27. The van der Waals surface area contributed by atoms with Gasteiger partial charge in [-0.25, -0.2) is 0 Å². The number of fused-ring (bicyclic) bond motifs is 1. The molecule has 0 amide bonds. The number of rotatable bonds is 0. The summed E-state index contributed by atoms with van der Waals surface area (Å²) in [5.41, 5.74) is 1.30. The minimum absolute atomic E-state index is 0.133. The number of para-hydroxylation sites is 1. The third kappa shape index (κ3) is 1.43. The molecule has 2 nitrogen and oxygen atoms in total. The number of ether oxygens (including phenoxy) is 1. The van der Waals surface area contributed by atoms with Crippen molar-refractivity contribution in [3.8, 4) is 5.75 Å². The summed E-state index contributed by atoms with van der Waals surface area (Å²) < 4.78 is 5.65. The van der Waals surface area contributed by atoms with E-state index in [-0.39, 0.29) is 6.23 Å². The molecule has 1 N–H and O–H groups in total. The van der Waals surface area contributed by atoms with E-state index >= 15 is 0 Å². The minimum atomic E-state index is 0.133. The van der Waals surface area contributed by atoms with Gasteiger partial charge in [-0.2, -0.15) is 0 Å². The average molecular weight is 163 g/mol. The molecule has 0 fully saturated rings. The van der Waals surface area contributed by atoms with Gasteiger partial charge >= 0.3 is 0 Å². The van der Waals surface area contributed by atoms with Crippen molar-refractivity contribution in [2.45, 2.75) is 19.6 Å². The van der Waals surface area contributed by atoms with Gasteiger partial charge < -0.3 is 4.74 Å². The van der Waals surface area contributed by atoms with Crippen LogP contribution in [0.5, 0.6) is 5.75 Å². The van der Waals surface area contributed by atoms with Crippen LogP contribution in [0.15, 0.2) is 24.3 Å². The van der Waals surface area contributed by atoms with Gasteiger partial charge in [-0.3, -0.25) is 5.32 Å². The predicted molar refractivity (Wildman–Crippen MR) is 48.2 cm³/mol. The van der Waals surface area contributed by atoms with Crippen molar-refractivity contribution in [2.24, 2.45) is 0 Å². The number of hydrogen-bond donors (Lipinski definition) is 1. The largest absolute Gasteiger partial charge is 0.475 e. The van der Waals surface area contributed by atoms with E-state index < -0.39 is 0 Å². The van der Waals surface area contributed by atoms with Crippen molar-refractivity contribution in [1.82, 2.24) is 5.32 Å². The molecule has 1 unspecified atom stereocenters. The summed E-state index contributed by atoms with van der Waals surface area (Å²) in [4.78, 5) is 0. The molecule has 1 heterocycles. The smallest absolute Gasteiger partial charge is 0.147 e. The van der Waals surface area contributed by atoms with Gasteiger partial charge in [0.15, 0.2) is 0 Å². The SMILES string of the molecule is CC1NCCc2ccccc2O1. The molecule has 64 valence electrons. The third-order valence-electron chi connectivity index (χ3n) is 2.10. The van der Waals surface area contributed by atoms with Crippen LogP contribution in [0, 0.1) is 0 Å². The fourth-order valence-corrected chi connectivity index (χ4v) is 1.47. The summed E-state index contributed by atoms with van der Waals surface area (Å²) in [5.74, 6) is 1.02. The molecule has 0 radical (unpaired) electrons. The van der Waals surface area contributed by atoms with Gasteiger partial charge in [0.05, 0.1) is 0 Å². The first-order valence-electron chi connectivity index (χ1n) is 4.34. The fraction of sp³-hybridized carbons (Fsp3) is 0.400. The first-order chi connectivity index (χ1) is 5.86. The summed E-state index contributed by atoms with van der Waals surface area (Å²) in [6, 6.07) is 8.21. The molecule has 2 heteroatoms. The Hall–Kier alpha value is -1.02. The molecule has 0 aliphatic carbocycles. The second-order valence-electron chi connectivity index (χ2n) is 3.07. The molecule has 0 aromatic heterocycles. The van der Waals surface area contributed by atoms with Gasteiger partial charge in [-0.15, -0.1) is 0 Å². The normalized spacial score (nSPS) is 22.2. The zero-order chi connectivity index (χ0) is 8.39. The zero-order valence-corrected chi connectivity index (χ0v) is 7.21. The van der Waals surface area contributed by atoms with Gasteiger partial charge in [-0.05, 0) is 25.0 Å². The van der Waals surface area contributed by atoms with Crippen LogP contribution >= 0.6 is 0 Å². The van der Waals surface area contributed by atoms with Gasteiger partial charge in [0.1, 0.15) is 12.0 Å². The number of nitrogens with one attached hydrogen (secondary N) is 1. The highest BCUT2D eigenvalue weighted by Crippen LogP contribution is 2.20. The highest BCUT2D eigenvalue weighted by atomic mass is 16.5. The Balaban J connectivity index is 2.31. The van der Waals surface area contributed by atoms with E-state index in [0.717, 1.165) is 18.7 Å². The molecule has 1 atom stereocenters. The maximum absolute atomic E-state index is 5.65. The van der Waals surface area contributed by atoms with Crippen LogP contribution in [0.25, 0.3) is 0 Å². The Kier molecular flexibility index (Phi) is 2.00. The lowest BCUT2D eigenvalue weighted by Crippen LogP contribution is -2.30. The van der Waals surface area contributed by atoms with E-state index in [4.69, 9.17) is 4.74 Å². The Bertz CT molecular complexity index is 272. The summed E-state index contributed by atoms with van der Waals surface area (Å²) >= 11 is 0. The molecule has 0 saturated carbocycles. The molecule has 1 aromatic rings. The lowest BCUT2D eigenvalue weighted by atomic mass is 10.1. The predicted octanol–water partition coefficient (Wildman–Crippen LogP) is 1.56. The average Bonchev–Trinajstić information content (AvgIpc) is 2.25. The second-order valence-corrected chi connectivity index (χ2v) is 3.07. The molecule has 0 spiro atoms. The van der Waals surface area contributed by atoms with Crippen LogP contribution in [0.4, 0.5) is 0 Å². The highest BCUT2D eigenvalue weighted by molar-refractivity contribution is 5.34. The fourth-order valence-electron chi connectivity index (χ4n) is 1.47. The van der Waals surface area contributed by atoms with E-state index in [9.17, 15) is 0 Å². The summed E-state index contributed by atoms with van der Waals surface area (Å²) in [6.45, 7) is 3.03. The van der Waals surface area contributed by atoms with Crippen molar-refractivity contribution in [3.63, 3.8) is 0 Å². The Labute approximate surface area is 72.5 Å². The monoisotopic (exact) mass is 163 g/mol. The van der Waals surface area contributed by atoms with Gasteiger partial charge in [0.25, 0.3) is 0 Å². The molecule has 12 heavy (non-hydrogen) atoms.